The van der Waals surface area contributed by atoms with Crippen LogP contribution in [0.4, 0.5) is 0 Å². The summed E-state index contributed by atoms with van der Waals surface area (Å²) >= 11 is 0. The molecule has 0 saturated carbocycles. The second kappa shape index (κ2) is 20.2. The molecule has 0 aromatic heterocycles. The van der Waals surface area contributed by atoms with E-state index in [4.69, 9.17) is 8.85 Å². The molecule has 0 aromatic carbocycles. The van der Waals surface area contributed by atoms with Crippen LogP contribution >= 0.6 is 0 Å². The number of rotatable bonds is 22. The van der Waals surface area contributed by atoms with Crippen molar-refractivity contribution >= 4 is 22.4 Å². The van der Waals surface area contributed by atoms with Gasteiger partial charge in [0.05, 0.1) is 18.8 Å². The van der Waals surface area contributed by atoms with E-state index in [1.165, 1.54) is 51.4 Å². The van der Waals surface area contributed by atoms with Crippen LogP contribution in [0.5, 0.6) is 0 Å². The summed E-state index contributed by atoms with van der Waals surface area (Å²) in [6.45, 7) is 38.1. The Morgan fingerprint density at radius 1 is 0.761 bits per heavy atom. The van der Waals surface area contributed by atoms with Crippen LogP contribution in [0.25, 0.3) is 0 Å². The Labute approximate surface area is 290 Å². The molecular formula is C40H80O4Si2. The van der Waals surface area contributed by atoms with Gasteiger partial charge in [-0.1, -0.05) is 145 Å². The summed E-state index contributed by atoms with van der Waals surface area (Å²) in [4.78, 5) is 13.5. The van der Waals surface area contributed by atoms with Crippen LogP contribution in [0.1, 0.15) is 148 Å². The molecule has 0 bridgehead atoms. The van der Waals surface area contributed by atoms with E-state index in [2.05, 4.69) is 94.6 Å². The first-order valence-electron chi connectivity index (χ1n) is 18.8. The number of aliphatic hydroxyl groups excluding tert-OH is 1. The maximum absolute atomic E-state index is 13.5. The van der Waals surface area contributed by atoms with Gasteiger partial charge in [0.25, 0.3) is 0 Å². The average molecular weight is 681 g/mol. The minimum atomic E-state index is -2.00. The summed E-state index contributed by atoms with van der Waals surface area (Å²) in [6, 6.07) is 0. The smallest absolute Gasteiger partial charge is 0.192 e. The van der Waals surface area contributed by atoms with Crippen LogP contribution in [0.3, 0.4) is 0 Å². The van der Waals surface area contributed by atoms with Crippen LogP contribution in [0.15, 0.2) is 23.3 Å². The Morgan fingerprint density at radius 3 is 1.72 bits per heavy atom. The molecule has 0 rings (SSSR count). The zero-order chi connectivity index (χ0) is 36.1. The van der Waals surface area contributed by atoms with Gasteiger partial charge in [-0.2, -0.15) is 0 Å². The van der Waals surface area contributed by atoms with Crippen LogP contribution in [0, 0.1) is 23.7 Å². The fourth-order valence-electron chi connectivity index (χ4n) is 5.66. The molecule has 4 nitrogen and oxygen atoms in total. The topological polar surface area (TPSA) is 55.8 Å². The highest BCUT2D eigenvalue weighted by atomic mass is 28.4. The van der Waals surface area contributed by atoms with Gasteiger partial charge in [-0.3, -0.25) is 4.79 Å². The molecule has 6 atom stereocenters. The Morgan fingerprint density at radius 2 is 1.24 bits per heavy atom. The zero-order valence-electron chi connectivity index (χ0n) is 33.9. The SMILES string of the molecule is CCCCCCCCCC[C@H](C)[C@@H](O[Si](C)(C)C(C)(C)C)[C@@H](C)/C=C(\C)[C@@H](O)[C@H](C)C(=O)[C@H](C)/C=C(\C)CO[Si](C)(C)C(C)(C)C. The van der Waals surface area contributed by atoms with Crippen LogP contribution < -0.4 is 0 Å². The van der Waals surface area contributed by atoms with Gasteiger partial charge in [-0.05, 0) is 73.9 Å². The van der Waals surface area contributed by atoms with Gasteiger partial charge in [-0.15, -0.1) is 0 Å². The van der Waals surface area contributed by atoms with Gasteiger partial charge >= 0.3 is 0 Å². The van der Waals surface area contributed by atoms with Gasteiger partial charge in [0.15, 0.2) is 16.6 Å². The summed E-state index contributed by atoms with van der Waals surface area (Å²) in [7, 11) is -3.86. The number of Topliss-reactive ketones (excluding diaryl/α,β-unsaturated/α-hetero) is 1. The van der Waals surface area contributed by atoms with Gasteiger partial charge in [-0.25, -0.2) is 0 Å². The lowest BCUT2D eigenvalue weighted by Crippen LogP contribution is -2.47. The number of aliphatic hydroxyl groups is 1. The van der Waals surface area contributed by atoms with E-state index in [0.717, 1.165) is 17.6 Å². The summed E-state index contributed by atoms with van der Waals surface area (Å²) < 4.78 is 13.5. The number of unbranched alkanes of at least 4 members (excludes halogenated alkanes) is 7. The molecule has 0 aliphatic heterocycles. The van der Waals surface area contributed by atoms with Crippen molar-refractivity contribution in [2.24, 2.45) is 23.7 Å². The lowest BCUT2D eigenvalue weighted by molar-refractivity contribution is -0.127. The predicted octanol–water partition coefficient (Wildman–Crippen LogP) is 12.3. The van der Waals surface area contributed by atoms with E-state index in [0.29, 0.717) is 12.5 Å². The van der Waals surface area contributed by atoms with Crippen molar-refractivity contribution in [1.29, 1.82) is 0 Å². The first-order valence-corrected chi connectivity index (χ1v) is 24.6. The molecule has 0 heterocycles. The fraction of sp³-hybridized carbons (Fsp3) is 0.875. The largest absolute Gasteiger partial charge is 0.413 e. The van der Waals surface area contributed by atoms with Crippen molar-refractivity contribution in [3.8, 4) is 0 Å². The van der Waals surface area contributed by atoms with Crippen molar-refractivity contribution in [3.63, 3.8) is 0 Å². The number of carbonyl (C=O) groups excluding carboxylic acids is 1. The molecule has 0 aromatic rings. The van der Waals surface area contributed by atoms with Crippen molar-refractivity contribution in [2.45, 2.75) is 196 Å². The lowest BCUT2D eigenvalue weighted by atomic mass is 9.84. The summed E-state index contributed by atoms with van der Waals surface area (Å²) in [5.41, 5.74) is 1.94. The highest BCUT2D eigenvalue weighted by Crippen LogP contribution is 2.40. The standard InChI is InChI=1S/C40H80O4Si2/c1-18-19-20-21-22-23-24-25-26-31(3)38(44-46(16,17)40(11,12)13)34(6)28-33(5)37(42)35(7)36(41)32(4)27-30(2)29-43-45(14,15)39(8,9)10/h27-28,31-32,34-35,37-38,42H,18-26,29H2,1-17H3/b30-27+,33-28+/t31-,32+,34-,35+,37+,38+/m0/s1. The third-order valence-corrected chi connectivity index (χ3v) is 20.1. The van der Waals surface area contributed by atoms with Gasteiger partial charge < -0.3 is 14.0 Å². The second-order valence-electron chi connectivity index (χ2n) is 17.8. The molecule has 0 aliphatic carbocycles. The molecule has 1 N–H and O–H groups in total. The van der Waals surface area contributed by atoms with Crippen molar-refractivity contribution < 1.29 is 18.8 Å². The van der Waals surface area contributed by atoms with Crippen LogP contribution in [-0.4, -0.2) is 46.3 Å². The first kappa shape index (κ1) is 45.5. The molecule has 6 heteroatoms. The number of hydrogen-bond donors (Lipinski definition) is 1. The highest BCUT2D eigenvalue weighted by molar-refractivity contribution is 6.74. The molecule has 0 amide bonds. The van der Waals surface area contributed by atoms with Gasteiger partial charge in [0, 0.05) is 11.8 Å². The quantitative estimate of drug-likeness (QED) is 0.0702. The molecule has 0 saturated heterocycles. The molecule has 0 aliphatic rings. The minimum Gasteiger partial charge on any atom is -0.413 e. The Bertz CT molecular complexity index is 938. The van der Waals surface area contributed by atoms with E-state index in [1.807, 2.05) is 33.8 Å². The van der Waals surface area contributed by atoms with Crippen molar-refractivity contribution in [1.82, 2.24) is 0 Å². The van der Waals surface area contributed by atoms with E-state index in [9.17, 15) is 9.90 Å². The normalized spacial score (nSPS) is 18.2. The number of hydrogen-bond acceptors (Lipinski definition) is 4. The molecule has 272 valence electrons. The third kappa shape index (κ3) is 15.8. The Kier molecular flexibility index (Phi) is 20.0. The molecule has 46 heavy (non-hydrogen) atoms. The monoisotopic (exact) mass is 681 g/mol. The average Bonchev–Trinajstić information content (AvgIpc) is 2.93. The van der Waals surface area contributed by atoms with Crippen molar-refractivity contribution in [2.75, 3.05) is 6.61 Å². The fourth-order valence-corrected chi connectivity index (χ4v) is 8.17. The maximum Gasteiger partial charge on any atom is 0.192 e. The number of ketones is 1. The first-order chi connectivity index (χ1) is 20.9. The van der Waals surface area contributed by atoms with E-state index < -0.39 is 28.7 Å². The minimum absolute atomic E-state index is 0.0664. The molecular weight excluding hydrogens is 601 g/mol. The Hall–Kier alpha value is -0.536. The summed E-state index contributed by atoms with van der Waals surface area (Å²) in [5, 5.41) is 11.7. The molecule has 0 fully saturated rings. The predicted molar refractivity (Wildman–Crippen MR) is 208 cm³/mol. The summed E-state index contributed by atoms with van der Waals surface area (Å²) in [6.07, 6.45) is 15.3. The third-order valence-electron chi connectivity index (χ3n) is 11.2. The number of carbonyl (C=O) groups is 1. The number of allylic oxidation sites excluding steroid dienone is 1. The van der Waals surface area contributed by atoms with E-state index in [1.54, 1.807) is 0 Å². The van der Waals surface area contributed by atoms with E-state index >= 15 is 0 Å². The zero-order valence-corrected chi connectivity index (χ0v) is 35.9. The Balaban J connectivity index is 5.62. The maximum atomic E-state index is 13.5. The highest BCUT2D eigenvalue weighted by Gasteiger charge is 2.41. The van der Waals surface area contributed by atoms with Gasteiger partial charge in [0.2, 0.25) is 0 Å². The van der Waals surface area contributed by atoms with Gasteiger partial charge in [0.1, 0.15) is 5.78 Å². The second-order valence-corrected chi connectivity index (χ2v) is 27.4. The van der Waals surface area contributed by atoms with Crippen LogP contribution in [0.2, 0.25) is 36.3 Å². The summed E-state index contributed by atoms with van der Waals surface area (Å²) in [5.74, 6) is -0.137. The lowest BCUT2D eigenvalue weighted by Gasteiger charge is -2.42. The van der Waals surface area contributed by atoms with E-state index in [-0.39, 0.29) is 33.8 Å². The molecule has 0 spiro atoms. The van der Waals surface area contributed by atoms with Crippen LogP contribution in [-0.2, 0) is 13.6 Å². The van der Waals surface area contributed by atoms with Crippen molar-refractivity contribution in [3.05, 3.63) is 23.3 Å². The molecule has 0 radical (unpaired) electrons. The molecule has 0 unspecified atom stereocenters.